The van der Waals surface area contributed by atoms with Crippen LogP contribution >= 0.6 is 11.3 Å². The smallest absolute Gasteiger partial charge is 0.256 e. The standard InChI is InChI=1S/C27H30N6O3S.C9H10.CH4O/c1-3-10-33-14-19-22(27(33)34)23(20-13-17-6-9-29-25(28)24(17)37-20)21(26-32-31-15(2)36-26)18(30-19)5-4-16-7-11-35-12-8-16;1-2-5-9-7-3-6-8(9)4-1;1-2/h6,9,13,16H,3-5,7-8,10-12,14H2,1-2H3,(H2,28,29);1-2,4-5H,3,6-7H2;2H,1H3. The molecule has 0 unspecified atom stereocenters. The summed E-state index contributed by atoms with van der Waals surface area (Å²) in [5.74, 6) is 1.93. The normalized spacial score (nSPS) is 15.5. The molecule has 11 heteroatoms. The van der Waals surface area contributed by atoms with Gasteiger partial charge in [-0.3, -0.25) is 9.78 Å². The number of carbonyl (C=O) groups is 1. The molecule has 1 amide bonds. The van der Waals surface area contributed by atoms with Crippen LogP contribution in [0.1, 0.15) is 77.8 Å². The molecule has 0 atom stereocenters. The molecule has 6 heterocycles. The highest BCUT2D eigenvalue weighted by molar-refractivity contribution is 7.22. The van der Waals surface area contributed by atoms with Gasteiger partial charge in [-0.1, -0.05) is 31.2 Å². The Morgan fingerprint density at radius 2 is 1.79 bits per heavy atom. The molecule has 1 fully saturated rings. The van der Waals surface area contributed by atoms with Gasteiger partial charge in [0, 0.05) is 50.4 Å². The average Bonchev–Trinajstić information content (AvgIpc) is 3.92. The summed E-state index contributed by atoms with van der Waals surface area (Å²) >= 11 is 1.54. The number of benzene rings is 1. The number of hydrogen-bond acceptors (Lipinski definition) is 10. The third-order valence-electron chi connectivity index (χ3n) is 9.27. The number of amides is 1. The van der Waals surface area contributed by atoms with E-state index >= 15 is 0 Å². The number of carbonyl (C=O) groups excluding carboxylic acids is 1. The SMILES string of the molecule is CCCN1Cc2nc(CCC3CCOCC3)c(-c3nnc(C)o3)c(-c3cc4ccnc(N)c4s3)c2C1=O.CO.c1ccc2c(c1)CCC2. The zero-order valence-electron chi connectivity index (χ0n) is 28.0. The highest BCUT2D eigenvalue weighted by atomic mass is 32.1. The van der Waals surface area contributed by atoms with Crippen LogP contribution < -0.4 is 5.73 Å². The second-order valence-corrected chi connectivity index (χ2v) is 13.5. The van der Waals surface area contributed by atoms with Crippen molar-refractivity contribution in [3.8, 4) is 21.9 Å². The van der Waals surface area contributed by atoms with E-state index in [1.807, 2.05) is 11.0 Å². The Hall–Kier alpha value is -4.19. The molecule has 48 heavy (non-hydrogen) atoms. The summed E-state index contributed by atoms with van der Waals surface area (Å²) in [6, 6.07) is 12.8. The van der Waals surface area contributed by atoms with Crippen molar-refractivity contribution in [1.82, 2.24) is 25.1 Å². The van der Waals surface area contributed by atoms with E-state index in [9.17, 15) is 4.79 Å². The third-order valence-corrected chi connectivity index (χ3v) is 10.5. The largest absolute Gasteiger partial charge is 0.421 e. The van der Waals surface area contributed by atoms with Crippen LogP contribution in [-0.2, 0) is 30.5 Å². The first kappa shape index (κ1) is 33.7. The number of aryl methyl sites for hydroxylation is 4. The number of pyridine rings is 2. The van der Waals surface area contributed by atoms with Gasteiger partial charge in [0.15, 0.2) is 0 Å². The second kappa shape index (κ2) is 15.4. The van der Waals surface area contributed by atoms with E-state index < -0.39 is 0 Å². The number of anilines is 1. The summed E-state index contributed by atoms with van der Waals surface area (Å²) in [4.78, 5) is 25.9. The van der Waals surface area contributed by atoms with Gasteiger partial charge in [-0.25, -0.2) is 4.98 Å². The molecule has 3 N–H and O–H groups in total. The van der Waals surface area contributed by atoms with Crippen LogP contribution in [0.5, 0.6) is 0 Å². The average molecular weight is 669 g/mol. The van der Waals surface area contributed by atoms with Gasteiger partial charge in [0.2, 0.25) is 11.8 Å². The molecule has 0 saturated carbocycles. The van der Waals surface area contributed by atoms with Crippen LogP contribution in [-0.4, -0.2) is 62.9 Å². The first-order valence-electron chi connectivity index (χ1n) is 16.9. The van der Waals surface area contributed by atoms with Crippen LogP contribution in [0.25, 0.3) is 32.0 Å². The number of thiophene rings is 1. The quantitative estimate of drug-likeness (QED) is 0.191. The number of nitrogens with zero attached hydrogens (tertiary/aromatic N) is 5. The molecule has 252 valence electrons. The molecule has 3 aliphatic rings. The van der Waals surface area contributed by atoms with E-state index in [2.05, 4.69) is 52.4 Å². The Morgan fingerprint density at radius 1 is 1.04 bits per heavy atom. The summed E-state index contributed by atoms with van der Waals surface area (Å²) in [5.41, 5.74) is 13.3. The number of hydrogen-bond donors (Lipinski definition) is 2. The van der Waals surface area contributed by atoms with Crippen LogP contribution in [0.2, 0.25) is 0 Å². The minimum Gasteiger partial charge on any atom is -0.421 e. The molecule has 0 radical (unpaired) electrons. The van der Waals surface area contributed by atoms with E-state index in [-0.39, 0.29) is 5.91 Å². The van der Waals surface area contributed by atoms with Crippen LogP contribution in [0.3, 0.4) is 0 Å². The predicted molar refractivity (Wildman–Crippen MR) is 189 cm³/mol. The zero-order chi connectivity index (χ0) is 33.6. The number of ether oxygens (including phenoxy) is 1. The molecule has 0 spiro atoms. The minimum atomic E-state index is -0.00336. The van der Waals surface area contributed by atoms with Gasteiger partial charge in [0.1, 0.15) is 5.82 Å². The number of fused-ring (bicyclic) bond motifs is 3. The highest BCUT2D eigenvalue weighted by Crippen LogP contribution is 2.46. The van der Waals surface area contributed by atoms with Crippen LogP contribution in [0.15, 0.2) is 47.0 Å². The summed E-state index contributed by atoms with van der Waals surface area (Å²) in [6.07, 6.45) is 10.4. The zero-order valence-corrected chi connectivity index (χ0v) is 28.8. The van der Waals surface area contributed by atoms with E-state index in [0.29, 0.717) is 42.2 Å². The molecule has 1 saturated heterocycles. The molecular formula is C37H44N6O4S. The lowest BCUT2D eigenvalue weighted by Crippen LogP contribution is -2.24. The van der Waals surface area contributed by atoms with Gasteiger partial charge in [0.25, 0.3) is 5.91 Å². The fourth-order valence-electron chi connectivity index (χ4n) is 6.95. The number of aliphatic hydroxyl groups excluding tert-OH is 1. The number of nitrogen functional groups attached to an aromatic ring is 1. The molecular weight excluding hydrogens is 625 g/mol. The number of nitrogens with two attached hydrogens (primary N) is 1. The Kier molecular flexibility index (Phi) is 10.8. The van der Waals surface area contributed by atoms with E-state index in [1.165, 1.54) is 30.6 Å². The van der Waals surface area contributed by atoms with Gasteiger partial charge in [0.05, 0.1) is 33.8 Å². The van der Waals surface area contributed by atoms with Crippen molar-refractivity contribution in [2.24, 2.45) is 5.92 Å². The first-order chi connectivity index (χ1) is 23.5. The molecule has 8 rings (SSSR count). The monoisotopic (exact) mass is 668 g/mol. The third kappa shape index (κ3) is 6.99. The summed E-state index contributed by atoms with van der Waals surface area (Å²) in [5, 5.41) is 16.5. The van der Waals surface area contributed by atoms with Gasteiger partial charge in [-0.15, -0.1) is 21.5 Å². The summed E-state index contributed by atoms with van der Waals surface area (Å²) in [6.45, 7) is 6.67. The van der Waals surface area contributed by atoms with Crippen molar-refractivity contribution in [1.29, 1.82) is 0 Å². The lowest BCUT2D eigenvalue weighted by Gasteiger charge is -2.22. The molecule has 5 aromatic rings. The van der Waals surface area contributed by atoms with Crippen molar-refractivity contribution in [3.63, 3.8) is 0 Å². The molecule has 2 aliphatic heterocycles. The van der Waals surface area contributed by atoms with Gasteiger partial charge < -0.3 is 24.9 Å². The van der Waals surface area contributed by atoms with Gasteiger partial charge in [-0.2, -0.15) is 0 Å². The molecule has 1 aromatic carbocycles. The maximum atomic E-state index is 13.7. The minimum absolute atomic E-state index is 0.00336. The van der Waals surface area contributed by atoms with Crippen molar-refractivity contribution in [3.05, 3.63) is 76.6 Å². The Labute approximate surface area is 285 Å². The van der Waals surface area contributed by atoms with Crippen molar-refractivity contribution in [2.45, 2.75) is 71.8 Å². The molecule has 4 aromatic heterocycles. The topological polar surface area (TPSA) is 140 Å². The maximum Gasteiger partial charge on any atom is 0.256 e. The Morgan fingerprint density at radius 3 is 2.46 bits per heavy atom. The predicted octanol–water partition coefficient (Wildman–Crippen LogP) is 6.81. The first-order valence-corrected chi connectivity index (χ1v) is 17.7. The van der Waals surface area contributed by atoms with Gasteiger partial charge >= 0.3 is 0 Å². The number of rotatable bonds is 7. The van der Waals surface area contributed by atoms with Crippen LogP contribution in [0.4, 0.5) is 5.82 Å². The van der Waals surface area contributed by atoms with Crippen LogP contribution in [0, 0.1) is 12.8 Å². The summed E-state index contributed by atoms with van der Waals surface area (Å²) < 4.78 is 12.5. The lowest BCUT2D eigenvalue weighted by molar-refractivity contribution is 0.0639. The second-order valence-electron chi connectivity index (χ2n) is 12.4. The van der Waals surface area contributed by atoms with E-state index in [0.717, 1.165) is 89.9 Å². The Bertz CT molecular complexity index is 1860. The van der Waals surface area contributed by atoms with Crippen molar-refractivity contribution >= 4 is 33.1 Å². The summed E-state index contributed by atoms with van der Waals surface area (Å²) in [7, 11) is 1.00. The van der Waals surface area contributed by atoms with E-state index in [4.69, 9.17) is 25.0 Å². The lowest BCUT2D eigenvalue weighted by atomic mass is 9.90. The van der Waals surface area contributed by atoms with Crippen molar-refractivity contribution < 1.29 is 19.1 Å². The van der Waals surface area contributed by atoms with Crippen molar-refractivity contribution in [2.75, 3.05) is 32.6 Å². The molecule has 1 aliphatic carbocycles. The maximum absolute atomic E-state index is 13.7. The number of aromatic nitrogens is 4. The molecule has 10 nitrogen and oxygen atoms in total. The van der Waals surface area contributed by atoms with Gasteiger partial charge in [-0.05, 0) is 85.9 Å². The highest BCUT2D eigenvalue weighted by Gasteiger charge is 2.36. The fourth-order valence-corrected chi connectivity index (χ4v) is 8.06. The Balaban J connectivity index is 0.000000310. The fraction of sp³-hybridized carbons (Fsp3) is 0.432. The van der Waals surface area contributed by atoms with E-state index in [1.54, 1.807) is 24.2 Å². The number of aliphatic hydroxyl groups is 1. The molecule has 0 bridgehead atoms.